The molecule has 2 aliphatic rings. The molecule has 0 radical (unpaired) electrons. The van der Waals surface area contributed by atoms with Crippen molar-refractivity contribution in [2.45, 2.75) is 78.2 Å². The Bertz CT molecular complexity index is 522. The summed E-state index contributed by atoms with van der Waals surface area (Å²) in [5, 5.41) is 2.91. The van der Waals surface area contributed by atoms with Crippen LogP contribution in [-0.4, -0.2) is 52.8 Å². The molecule has 0 aromatic rings. The molecule has 6 nitrogen and oxygen atoms in total. The first-order valence-electron chi connectivity index (χ1n) is 10.3. The molecule has 0 aromatic carbocycles. The first-order valence-corrected chi connectivity index (χ1v) is 10.3. The van der Waals surface area contributed by atoms with Gasteiger partial charge in [0, 0.05) is 13.1 Å². The Morgan fingerprint density at radius 2 is 1.81 bits per heavy atom. The predicted molar refractivity (Wildman–Crippen MR) is 102 cm³/mol. The van der Waals surface area contributed by atoms with Gasteiger partial charge in [-0.2, -0.15) is 0 Å². The number of urea groups is 1. The molecule has 1 aliphatic carbocycles. The van der Waals surface area contributed by atoms with Crippen molar-refractivity contribution >= 4 is 17.8 Å². The van der Waals surface area contributed by atoms with Crippen LogP contribution < -0.4 is 5.32 Å². The van der Waals surface area contributed by atoms with Crippen LogP contribution in [0.3, 0.4) is 0 Å². The van der Waals surface area contributed by atoms with Crippen molar-refractivity contribution < 1.29 is 14.4 Å². The predicted octanol–water partition coefficient (Wildman–Crippen LogP) is 3.16. The van der Waals surface area contributed by atoms with Gasteiger partial charge in [0.1, 0.15) is 12.1 Å². The number of likely N-dealkylation sites (N-methyl/N-ethyl adjacent to an activating group) is 1. The Labute approximate surface area is 157 Å². The molecule has 1 saturated heterocycles. The maximum Gasteiger partial charge on any atom is 0.325 e. The van der Waals surface area contributed by atoms with Crippen LogP contribution in [0.1, 0.15) is 72.6 Å². The summed E-state index contributed by atoms with van der Waals surface area (Å²) >= 11 is 0. The van der Waals surface area contributed by atoms with E-state index in [9.17, 15) is 14.4 Å². The second-order valence-electron chi connectivity index (χ2n) is 7.87. The minimum absolute atomic E-state index is 0.137. The van der Waals surface area contributed by atoms with E-state index in [-0.39, 0.29) is 18.4 Å². The summed E-state index contributed by atoms with van der Waals surface area (Å²) in [6.07, 6.45) is 6.44. The molecule has 148 valence electrons. The van der Waals surface area contributed by atoms with E-state index in [1.807, 2.05) is 6.92 Å². The van der Waals surface area contributed by atoms with Gasteiger partial charge in [-0.05, 0) is 44.4 Å². The summed E-state index contributed by atoms with van der Waals surface area (Å²) in [4.78, 5) is 41.0. The van der Waals surface area contributed by atoms with Crippen LogP contribution in [-0.2, 0) is 9.59 Å². The van der Waals surface area contributed by atoms with Gasteiger partial charge in [-0.1, -0.05) is 40.0 Å². The summed E-state index contributed by atoms with van der Waals surface area (Å²) in [7, 11) is 0. The van der Waals surface area contributed by atoms with Crippen molar-refractivity contribution in [1.29, 1.82) is 0 Å². The molecule has 1 heterocycles. The Balaban J connectivity index is 2.01. The average molecular weight is 366 g/mol. The Hall–Kier alpha value is -1.59. The lowest BCUT2D eigenvalue weighted by molar-refractivity contribution is -0.140. The van der Waals surface area contributed by atoms with Gasteiger partial charge in [0.15, 0.2) is 0 Å². The normalized spacial score (nSPS) is 25.9. The first-order chi connectivity index (χ1) is 12.4. The summed E-state index contributed by atoms with van der Waals surface area (Å²) in [5.74, 6) is 0.750. The molecule has 0 atom stereocenters. The molecule has 2 fully saturated rings. The Kier molecular flexibility index (Phi) is 7.07. The van der Waals surface area contributed by atoms with E-state index in [1.165, 1.54) is 0 Å². The SMILES string of the molecule is CCC1CCC2(CC1)NC(=O)N(CC(=O)N(CC)CC(CC)CC)C2=O. The van der Waals surface area contributed by atoms with Crippen molar-refractivity contribution in [3.8, 4) is 0 Å². The fourth-order valence-corrected chi connectivity index (χ4v) is 4.24. The molecule has 0 bridgehead atoms. The number of nitrogens with one attached hydrogen (secondary N) is 1. The number of rotatable bonds is 8. The van der Waals surface area contributed by atoms with E-state index in [4.69, 9.17) is 0 Å². The van der Waals surface area contributed by atoms with Gasteiger partial charge in [0.2, 0.25) is 5.91 Å². The fourth-order valence-electron chi connectivity index (χ4n) is 4.24. The minimum Gasteiger partial charge on any atom is -0.341 e. The summed E-state index contributed by atoms with van der Waals surface area (Å²) in [6.45, 7) is 9.51. The van der Waals surface area contributed by atoms with Crippen molar-refractivity contribution in [2.75, 3.05) is 19.6 Å². The minimum atomic E-state index is -0.768. The van der Waals surface area contributed by atoms with Crippen LogP contribution in [0.25, 0.3) is 0 Å². The molecule has 1 spiro atoms. The highest BCUT2D eigenvalue weighted by molar-refractivity contribution is 6.09. The highest BCUT2D eigenvalue weighted by Crippen LogP contribution is 2.37. The third-order valence-corrected chi connectivity index (χ3v) is 6.44. The molecule has 26 heavy (non-hydrogen) atoms. The number of hydrogen-bond donors (Lipinski definition) is 1. The van der Waals surface area contributed by atoms with Crippen molar-refractivity contribution in [1.82, 2.24) is 15.1 Å². The van der Waals surface area contributed by atoms with E-state index >= 15 is 0 Å². The monoisotopic (exact) mass is 365 g/mol. The molecule has 0 unspecified atom stereocenters. The summed E-state index contributed by atoms with van der Waals surface area (Å²) in [5.41, 5.74) is -0.768. The highest BCUT2D eigenvalue weighted by Gasteiger charge is 2.52. The number of nitrogens with zero attached hydrogens (tertiary/aromatic N) is 2. The third-order valence-electron chi connectivity index (χ3n) is 6.44. The van der Waals surface area contributed by atoms with Crippen molar-refractivity contribution in [2.24, 2.45) is 11.8 Å². The second kappa shape index (κ2) is 8.87. The van der Waals surface area contributed by atoms with Crippen LogP contribution in [0.15, 0.2) is 0 Å². The van der Waals surface area contributed by atoms with E-state index < -0.39 is 11.6 Å². The summed E-state index contributed by atoms with van der Waals surface area (Å²) < 4.78 is 0. The lowest BCUT2D eigenvalue weighted by atomic mass is 9.75. The molecule has 1 aliphatic heterocycles. The number of amides is 4. The molecule has 0 aromatic heterocycles. The van der Waals surface area contributed by atoms with Gasteiger partial charge in [-0.15, -0.1) is 0 Å². The lowest BCUT2D eigenvalue weighted by Crippen LogP contribution is -2.50. The van der Waals surface area contributed by atoms with E-state index in [0.717, 1.165) is 37.0 Å². The van der Waals surface area contributed by atoms with Gasteiger partial charge in [0.25, 0.3) is 5.91 Å². The number of imide groups is 1. The van der Waals surface area contributed by atoms with Crippen molar-refractivity contribution in [3.63, 3.8) is 0 Å². The zero-order valence-corrected chi connectivity index (χ0v) is 16.8. The first kappa shape index (κ1) is 20.7. The molecular formula is C20H35N3O3. The average Bonchev–Trinajstić information content (AvgIpc) is 2.87. The van der Waals surface area contributed by atoms with Crippen LogP contribution in [0, 0.1) is 11.8 Å². The molecular weight excluding hydrogens is 330 g/mol. The van der Waals surface area contributed by atoms with Crippen LogP contribution in [0.2, 0.25) is 0 Å². The lowest BCUT2D eigenvalue weighted by Gasteiger charge is -2.34. The molecule has 1 saturated carbocycles. The smallest absolute Gasteiger partial charge is 0.325 e. The van der Waals surface area contributed by atoms with Crippen LogP contribution in [0.4, 0.5) is 4.79 Å². The van der Waals surface area contributed by atoms with Gasteiger partial charge in [0.05, 0.1) is 0 Å². The second-order valence-corrected chi connectivity index (χ2v) is 7.87. The number of carbonyl (C=O) groups is 3. The maximum atomic E-state index is 12.9. The Morgan fingerprint density at radius 1 is 1.19 bits per heavy atom. The van der Waals surface area contributed by atoms with E-state index in [2.05, 4.69) is 26.1 Å². The summed E-state index contributed by atoms with van der Waals surface area (Å²) in [6, 6.07) is -0.406. The van der Waals surface area contributed by atoms with E-state index in [0.29, 0.717) is 37.8 Å². The van der Waals surface area contributed by atoms with Crippen LogP contribution >= 0.6 is 0 Å². The zero-order valence-electron chi connectivity index (χ0n) is 16.8. The quantitative estimate of drug-likeness (QED) is 0.672. The molecule has 6 heteroatoms. The zero-order chi connectivity index (χ0) is 19.3. The third kappa shape index (κ3) is 4.21. The topological polar surface area (TPSA) is 69.7 Å². The largest absolute Gasteiger partial charge is 0.341 e. The highest BCUT2D eigenvalue weighted by atomic mass is 16.2. The Morgan fingerprint density at radius 3 is 2.31 bits per heavy atom. The number of carbonyl (C=O) groups excluding carboxylic acids is 3. The van der Waals surface area contributed by atoms with Crippen LogP contribution in [0.5, 0.6) is 0 Å². The van der Waals surface area contributed by atoms with Gasteiger partial charge in [-0.25, -0.2) is 4.79 Å². The van der Waals surface area contributed by atoms with Gasteiger partial charge >= 0.3 is 6.03 Å². The maximum absolute atomic E-state index is 12.9. The molecule has 1 N–H and O–H groups in total. The van der Waals surface area contributed by atoms with Gasteiger partial charge < -0.3 is 10.2 Å². The standard InChI is InChI=1S/C20H35N3O3/c1-5-15(6-2)13-22(8-4)17(24)14-23-18(25)20(21-19(23)26)11-9-16(7-3)10-12-20/h15-16H,5-14H2,1-4H3,(H,21,26). The van der Waals surface area contributed by atoms with Crippen molar-refractivity contribution in [3.05, 3.63) is 0 Å². The fraction of sp³-hybridized carbons (Fsp3) is 0.850. The van der Waals surface area contributed by atoms with Gasteiger partial charge in [-0.3, -0.25) is 14.5 Å². The van der Waals surface area contributed by atoms with E-state index in [1.54, 1.807) is 4.90 Å². The number of hydrogen-bond acceptors (Lipinski definition) is 3. The molecule has 4 amide bonds. The molecule has 2 rings (SSSR count).